The van der Waals surface area contributed by atoms with Crippen molar-refractivity contribution in [3.8, 4) is 5.69 Å². The Morgan fingerprint density at radius 2 is 1.86 bits per heavy atom. The monoisotopic (exact) mass is 422 g/mol. The Hall–Kier alpha value is -1.28. The molecule has 0 amide bonds. The van der Waals surface area contributed by atoms with Gasteiger partial charge in [-0.3, -0.25) is 4.57 Å². The molecule has 2 aromatic carbocycles. The Labute approximate surface area is 136 Å². The molecule has 0 aliphatic heterocycles. The predicted molar refractivity (Wildman–Crippen MR) is 83.2 cm³/mol. The lowest BCUT2D eigenvalue weighted by atomic mass is 10.2. The predicted octanol–water partition coefficient (Wildman–Crippen LogP) is 4.79. The summed E-state index contributed by atoms with van der Waals surface area (Å²) in [5, 5.41) is 0. The van der Waals surface area contributed by atoms with E-state index in [9.17, 15) is 13.2 Å². The highest BCUT2D eigenvalue weighted by Crippen LogP contribution is 2.27. The number of halogens is 5. The van der Waals surface area contributed by atoms with Gasteiger partial charge in [0.05, 0.1) is 22.6 Å². The smallest absolute Gasteiger partial charge is 0.196 e. The highest BCUT2D eigenvalue weighted by atomic mass is 127. The molecule has 0 radical (unpaired) electrons. The van der Waals surface area contributed by atoms with Gasteiger partial charge in [-0.25, -0.2) is 18.2 Å². The van der Waals surface area contributed by atoms with Gasteiger partial charge in [-0.1, -0.05) is 0 Å². The van der Waals surface area contributed by atoms with Crippen LogP contribution < -0.4 is 0 Å². The van der Waals surface area contributed by atoms with Crippen LogP contribution in [0.1, 0.15) is 5.82 Å². The Morgan fingerprint density at radius 1 is 1.10 bits per heavy atom. The molecule has 21 heavy (non-hydrogen) atoms. The first-order valence-electron chi connectivity index (χ1n) is 5.89. The van der Waals surface area contributed by atoms with Crippen LogP contribution in [0.25, 0.3) is 16.7 Å². The van der Waals surface area contributed by atoms with E-state index in [-0.39, 0.29) is 11.6 Å². The minimum Gasteiger partial charge on any atom is -0.292 e. The summed E-state index contributed by atoms with van der Waals surface area (Å²) in [6, 6.07) is 7.41. The Kier molecular flexibility index (Phi) is 3.83. The summed E-state index contributed by atoms with van der Waals surface area (Å²) >= 11 is 7.97. The summed E-state index contributed by atoms with van der Waals surface area (Å²) in [5.41, 5.74) is 1.07. The lowest BCUT2D eigenvalue weighted by Crippen LogP contribution is -2.05. The Bertz CT molecular complexity index is 848. The van der Waals surface area contributed by atoms with Crippen LogP contribution in [0.5, 0.6) is 0 Å². The molecule has 108 valence electrons. The van der Waals surface area contributed by atoms with Crippen molar-refractivity contribution in [1.29, 1.82) is 0 Å². The molecule has 3 aromatic rings. The Morgan fingerprint density at radius 3 is 2.57 bits per heavy atom. The van der Waals surface area contributed by atoms with E-state index < -0.39 is 17.5 Å². The number of fused-ring (bicyclic) bond motifs is 1. The van der Waals surface area contributed by atoms with Gasteiger partial charge in [0.25, 0.3) is 0 Å². The first kappa shape index (κ1) is 14.6. The standard InChI is InChI=1S/C14H7ClF3IN2/c15-6-12-20-9-5-7(19)1-3-10(9)21(12)11-4-2-8(16)13(17)14(11)18/h1-5H,6H2. The minimum atomic E-state index is -1.51. The molecule has 0 fully saturated rings. The number of nitrogens with zero attached hydrogens (tertiary/aromatic N) is 2. The van der Waals surface area contributed by atoms with Gasteiger partial charge < -0.3 is 0 Å². The van der Waals surface area contributed by atoms with Gasteiger partial charge in [0.15, 0.2) is 17.5 Å². The van der Waals surface area contributed by atoms with Crippen molar-refractivity contribution >= 4 is 45.2 Å². The van der Waals surface area contributed by atoms with Gasteiger partial charge in [0.2, 0.25) is 0 Å². The van der Waals surface area contributed by atoms with E-state index in [2.05, 4.69) is 27.6 Å². The minimum absolute atomic E-state index is 0.0176. The number of aromatic nitrogens is 2. The van der Waals surface area contributed by atoms with E-state index in [1.165, 1.54) is 10.6 Å². The SMILES string of the molecule is Fc1ccc(-n2c(CCl)nc3cc(I)ccc32)c(F)c1F. The molecule has 0 spiro atoms. The number of alkyl halides is 1. The lowest BCUT2D eigenvalue weighted by Gasteiger charge is -2.10. The zero-order valence-corrected chi connectivity index (χ0v) is 13.3. The molecule has 0 unspecified atom stereocenters. The largest absolute Gasteiger partial charge is 0.292 e. The maximum absolute atomic E-state index is 14.0. The summed E-state index contributed by atoms with van der Waals surface area (Å²) in [4.78, 5) is 4.30. The fraction of sp³-hybridized carbons (Fsp3) is 0.0714. The van der Waals surface area contributed by atoms with Gasteiger partial charge >= 0.3 is 0 Å². The van der Waals surface area contributed by atoms with E-state index in [1.807, 2.05) is 6.07 Å². The maximum atomic E-state index is 14.0. The summed E-state index contributed by atoms with van der Waals surface area (Å²) in [5.74, 6) is -3.63. The van der Waals surface area contributed by atoms with Crippen molar-refractivity contribution in [3.63, 3.8) is 0 Å². The molecule has 2 nitrogen and oxygen atoms in total. The fourth-order valence-corrected chi connectivity index (χ4v) is 2.80. The Balaban J connectivity index is 2.36. The van der Waals surface area contributed by atoms with Gasteiger partial charge in [-0.05, 0) is 52.9 Å². The fourth-order valence-electron chi connectivity index (χ4n) is 2.15. The summed E-state index contributed by atoms with van der Waals surface area (Å²) < 4.78 is 42.9. The molecule has 0 aliphatic rings. The van der Waals surface area contributed by atoms with Crippen molar-refractivity contribution in [1.82, 2.24) is 9.55 Å². The third-order valence-electron chi connectivity index (χ3n) is 3.06. The van der Waals surface area contributed by atoms with Crippen LogP contribution in [0.4, 0.5) is 13.2 Å². The van der Waals surface area contributed by atoms with E-state index >= 15 is 0 Å². The molecule has 0 N–H and O–H groups in total. The van der Waals surface area contributed by atoms with Gasteiger partial charge in [0.1, 0.15) is 5.82 Å². The van der Waals surface area contributed by atoms with Crippen LogP contribution in [0.3, 0.4) is 0 Å². The van der Waals surface area contributed by atoms with Crippen molar-refractivity contribution < 1.29 is 13.2 Å². The van der Waals surface area contributed by atoms with Crippen molar-refractivity contribution in [3.05, 3.63) is 57.2 Å². The average molecular weight is 423 g/mol. The number of hydrogen-bond acceptors (Lipinski definition) is 1. The first-order chi connectivity index (χ1) is 10.0. The van der Waals surface area contributed by atoms with Gasteiger partial charge in [-0.2, -0.15) is 0 Å². The number of benzene rings is 2. The molecule has 0 saturated heterocycles. The van der Waals surface area contributed by atoms with E-state index in [0.717, 1.165) is 9.64 Å². The second-order valence-electron chi connectivity index (χ2n) is 4.32. The topological polar surface area (TPSA) is 17.8 Å². The quantitative estimate of drug-likeness (QED) is 0.330. The maximum Gasteiger partial charge on any atom is 0.196 e. The average Bonchev–Trinajstić information content (AvgIpc) is 2.82. The molecule has 0 saturated carbocycles. The zero-order valence-electron chi connectivity index (χ0n) is 10.4. The highest BCUT2D eigenvalue weighted by Gasteiger charge is 2.19. The lowest BCUT2D eigenvalue weighted by molar-refractivity contribution is 0.444. The molecule has 1 aromatic heterocycles. The van der Waals surface area contributed by atoms with Crippen LogP contribution in [0.2, 0.25) is 0 Å². The van der Waals surface area contributed by atoms with Gasteiger partial charge in [-0.15, -0.1) is 11.6 Å². The summed E-state index contributed by atoms with van der Waals surface area (Å²) in [6.45, 7) is 0. The molecule has 7 heteroatoms. The zero-order chi connectivity index (χ0) is 15.1. The normalized spacial score (nSPS) is 11.3. The second-order valence-corrected chi connectivity index (χ2v) is 5.84. The number of rotatable bonds is 2. The van der Waals surface area contributed by atoms with Gasteiger partial charge in [0, 0.05) is 3.57 Å². The third-order valence-corrected chi connectivity index (χ3v) is 3.97. The molecule has 0 atom stereocenters. The molecular formula is C14H7ClF3IN2. The molecular weight excluding hydrogens is 416 g/mol. The van der Waals surface area contributed by atoms with Crippen LogP contribution in [-0.4, -0.2) is 9.55 Å². The van der Waals surface area contributed by atoms with Crippen molar-refractivity contribution in [2.45, 2.75) is 5.88 Å². The number of imidazole rings is 1. The van der Waals surface area contributed by atoms with E-state index in [1.54, 1.807) is 12.1 Å². The van der Waals surface area contributed by atoms with Crippen LogP contribution >= 0.6 is 34.2 Å². The molecule has 0 aliphatic carbocycles. The van der Waals surface area contributed by atoms with Crippen LogP contribution in [-0.2, 0) is 5.88 Å². The van der Waals surface area contributed by atoms with Crippen LogP contribution in [0, 0.1) is 21.0 Å². The van der Waals surface area contributed by atoms with Crippen molar-refractivity contribution in [2.24, 2.45) is 0 Å². The van der Waals surface area contributed by atoms with E-state index in [4.69, 9.17) is 11.6 Å². The molecule has 3 rings (SSSR count). The molecule has 0 bridgehead atoms. The van der Waals surface area contributed by atoms with Crippen molar-refractivity contribution in [2.75, 3.05) is 0 Å². The summed E-state index contributed by atoms with van der Waals surface area (Å²) in [6.07, 6.45) is 0. The van der Waals surface area contributed by atoms with E-state index in [0.29, 0.717) is 16.9 Å². The number of hydrogen-bond donors (Lipinski definition) is 0. The summed E-state index contributed by atoms with van der Waals surface area (Å²) in [7, 11) is 0. The third kappa shape index (κ3) is 2.40. The van der Waals surface area contributed by atoms with Crippen LogP contribution in [0.15, 0.2) is 30.3 Å². The molecule has 1 heterocycles. The highest BCUT2D eigenvalue weighted by molar-refractivity contribution is 14.1. The first-order valence-corrected chi connectivity index (χ1v) is 7.51. The second kappa shape index (κ2) is 5.49.